The Labute approximate surface area is 96.3 Å². The molecule has 0 saturated heterocycles. The predicted molar refractivity (Wildman–Crippen MR) is 63.3 cm³/mol. The van der Waals surface area contributed by atoms with E-state index in [9.17, 15) is 0 Å². The van der Waals surface area contributed by atoms with Crippen LogP contribution in [0.25, 0.3) is 0 Å². The van der Waals surface area contributed by atoms with Gasteiger partial charge >= 0.3 is 0 Å². The lowest BCUT2D eigenvalue weighted by Gasteiger charge is -2.18. The Morgan fingerprint density at radius 2 is 1.38 bits per heavy atom. The SMILES string of the molecule is COc1cc(OC)cc(OC(C)C(C)N)c1. The summed E-state index contributed by atoms with van der Waals surface area (Å²) >= 11 is 0. The molecule has 1 aromatic carbocycles. The summed E-state index contributed by atoms with van der Waals surface area (Å²) in [5.41, 5.74) is 5.74. The molecule has 90 valence electrons. The van der Waals surface area contributed by atoms with Crippen molar-refractivity contribution in [3.05, 3.63) is 18.2 Å². The normalized spacial score (nSPS) is 14.1. The van der Waals surface area contributed by atoms with Gasteiger partial charge in [-0.15, -0.1) is 0 Å². The van der Waals surface area contributed by atoms with Crippen LogP contribution in [0.3, 0.4) is 0 Å². The first kappa shape index (κ1) is 12.6. The number of nitrogens with two attached hydrogens (primary N) is 1. The van der Waals surface area contributed by atoms with Crippen LogP contribution in [0.4, 0.5) is 0 Å². The molecular formula is C12H19NO3. The molecule has 2 unspecified atom stereocenters. The molecule has 1 aromatic rings. The highest BCUT2D eigenvalue weighted by molar-refractivity contribution is 5.42. The Bertz CT molecular complexity index is 317. The lowest BCUT2D eigenvalue weighted by Crippen LogP contribution is -2.33. The molecule has 4 heteroatoms. The molecule has 0 aliphatic rings. The Kier molecular flexibility index (Phi) is 4.43. The van der Waals surface area contributed by atoms with Gasteiger partial charge in [0.1, 0.15) is 23.4 Å². The zero-order valence-electron chi connectivity index (χ0n) is 10.2. The molecule has 0 radical (unpaired) electrons. The number of ether oxygens (including phenoxy) is 3. The van der Waals surface area contributed by atoms with Gasteiger partial charge in [0.15, 0.2) is 0 Å². The molecule has 0 fully saturated rings. The zero-order valence-corrected chi connectivity index (χ0v) is 10.2. The maximum absolute atomic E-state index is 5.74. The number of benzene rings is 1. The van der Waals surface area contributed by atoms with Crippen LogP contribution in [-0.4, -0.2) is 26.4 Å². The summed E-state index contributed by atoms with van der Waals surface area (Å²) in [5, 5.41) is 0. The van der Waals surface area contributed by atoms with E-state index in [0.29, 0.717) is 17.2 Å². The van der Waals surface area contributed by atoms with E-state index in [1.54, 1.807) is 32.4 Å². The lowest BCUT2D eigenvalue weighted by molar-refractivity contribution is 0.195. The van der Waals surface area contributed by atoms with Gasteiger partial charge < -0.3 is 19.9 Å². The molecule has 0 bridgehead atoms. The Morgan fingerprint density at radius 3 is 1.75 bits per heavy atom. The van der Waals surface area contributed by atoms with Crippen LogP contribution in [0.2, 0.25) is 0 Å². The van der Waals surface area contributed by atoms with E-state index in [4.69, 9.17) is 19.9 Å². The van der Waals surface area contributed by atoms with E-state index >= 15 is 0 Å². The molecule has 4 nitrogen and oxygen atoms in total. The summed E-state index contributed by atoms with van der Waals surface area (Å²) in [6.07, 6.45) is -0.0585. The average molecular weight is 225 g/mol. The minimum atomic E-state index is -0.0585. The van der Waals surface area contributed by atoms with Crippen molar-refractivity contribution in [2.24, 2.45) is 5.73 Å². The van der Waals surface area contributed by atoms with Crippen molar-refractivity contribution in [1.29, 1.82) is 0 Å². The highest BCUT2D eigenvalue weighted by Gasteiger charge is 2.10. The van der Waals surface area contributed by atoms with Crippen LogP contribution in [0.5, 0.6) is 17.2 Å². The van der Waals surface area contributed by atoms with Crippen LogP contribution in [-0.2, 0) is 0 Å². The van der Waals surface area contributed by atoms with Gasteiger partial charge in [0.05, 0.1) is 14.2 Å². The molecule has 2 N–H and O–H groups in total. The molecule has 0 aromatic heterocycles. The summed E-state index contributed by atoms with van der Waals surface area (Å²) in [6, 6.07) is 5.38. The summed E-state index contributed by atoms with van der Waals surface area (Å²) in [7, 11) is 3.21. The fourth-order valence-corrected chi connectivity index (χ4v) is 1.17. The largest absolute Gasteiger partial charge is 0.496 e. The predicted octanol–water partition coefficient (Wildman–Crippen LogP) is 1.82. The monoisotopic (exact) mass is 225 g/mol. The number of hydrogen-bond acceptors (Lipinski definition) is 4. The van der Waals surface area contributed by atoms with Crippen molar-refractivity contribution in [2.45, 2.75) is 26.0 Å². The molecule has 0 heterocycles. The first-order valence-electron chi connectivity index (χ1n) is 5.22. The molecule has 16 heavy (non-hydrogen) atoms. The Hall–Kier alpha value is -1.42. The first-order chi connectivity index (χ1) is 7.56. The average Bonchev–Trinajstić information content (AvgIpc) is 2.28. The fraction of sp³-hybridized carbons (Fsp3) is 0.500. The standard InChI is InChI=1S/C12H19NO3/c1-8(13)9(2)16-12-6-10(14-3)5-11(7-12)15-4/h5-9H,13H2,1-4H3. The van der Waals surface area contributed by atoms with Crippen LogP contribution in [0.1, 0.15) is 13.8 Å². The summed E-state index contributed by atoms with van der Waals surface area (Å²) < 4.78 is 16.0. The van der Waals surface area contributed by atoms with Gasteiger partial charge in [-0.1, -0.05) is 0 Å². The van der Waals surface area contributed by atoms with Crippen molar-refractivity contribution in [3.8, 4) is 17.2 Å². The molecule has 0 amide bonds. The molecule has 0 spiro atoms. The number of rotatable bonds is 5. The van der Waals surface area contributed by atoms with Gasteiger partial charge in [0, 0.05) is 24.2 Å². The van der Waals surface area contributed by atoms with E-state index in [2.05, 4.69) is 0 Å². The lowest BCUT2D eigenvalue weighted by atomic mass is 10.2. The molecule has 0 aliphatic carbocycles. The van der Waals surface area contributed by atoms with Gasteiger partial charge in [-0.2, -0.15) is 0 Å². The van der Waals surface area contributed by atoms with Crippen molar-refractivity contribution < 1.29 is 14.2 Å². The summed E-state index contributed by atoms with van der Waals surface area (Å²) in [6.45, 7) is 3.83. The van der Waals surface area contributed by atoms with Crippen LogP contribution >= 0.6 is 0 Å². The highest BCUT2D eigenvalue weighted by Crippen LogP contribution is 2.28. The van der Waals surface area contributed by atoms with Gasteiger partial charge in [-0.05, 0) is 13.8 Å². The third-order valence-electron chi connectivity index (χ3n) is 2.39. The van der Waals surface area contributed by atoms with Crippen LogP contribution in [0.15, 0.2) is 18.2 Å². The van der Waals surface area contributed by atoms with Gasteiger partial charge in [-0.3, -0.25) is 0 Å². The van der Waals surface area contributed by atoms with Crippen molar-refractivity contribution in [1.82, 2.24) is 0 Å². The minimum Gasteiger partial charge on any atom is -0.496 e. The molecule has 1 rings (SSSR count). The zero-order chi connectivity index (χ0) is 12.1. The molecule has 0 saturated carbocycles. The summed E-state index contributed by atoms with van der Waals surface area (Å²) in [4.78, 5) is 0. The van der Waals surface area contributed by atoms with E-state index in [0.717, 1.165) is 0 Å². The van der Waals surface area contributed by atoms with Gasteiger partial charge in [0.25, 0.3) is 0 Å². The molecule has 0 aliphatic heterocycles. The Balaban J connectivity index is 2.86. The second kappa shape index (κ2) is 5.61. The summed E-state index contributed by atoms with van der Waals surface area (Å²) in [5.74, 6) is 2.10. The first-order valence-corrected chi connectivity index (χ1v) is 5.22. The second-order valence-electron chi connectivity index (χ2n) is 3.73. The Morgan fingerprint density at radius 1 is 0.938 bits per heavy atom. The highest BCUT2D eigenvalue weighted by atomic mass is 16.5. The van der Waals surface area contributed by atoms with Gasteiger partial charge in [-0.25, -0.2) is 0 Å². The topological polar surface area (TPSA) is 53.7 Å². The van der Waals surface area contributed by atoms with Gasteiger partial charge in [0.2, 0.25) is 0 Å². The third kappa shape index (κ3) is 3.31. The fourth-order valence-electron chi connectivity index (χ4n) is 1.17. The van der Waals surface area contributed by atoms with E-state index in [-0.39, 0.29) is 12.1 Å². The minimum absolute atomic E-state index is 0.0304. The number of hydrogen-bond donors (Lipinski definition) is 1. The van der Waals surface area contributed by atoms with Crippen molar-refractivity contribution >= 4 is 0 Å². The van der Waals surface area contributed by atoms with E-state index in [1.165, 1.54) is 0 Å². The van der Waals surface area contributed by atoms with Crippen LogP contribution < -0.4 is 19.9 Å². The number of methoxy groups -OCH3 is 2. The molecular weight excluding hydrogens is 206 g/mol. The quantitative estimate of drug-likeness (QED) is 0.830. The van der Waals surface area contributed by atoms with Crippen molar-refractivity contribution in [2.75, 3.05) is 14.2 Å². The maximum Gasteiger partial charge on any atom is 0.127 e. The maximum atomic E-state index is 5.74. The molecule has 2 atom stereocenters. The van der Waals surface area contributed by atoms with Crippen LogP contribution in [0, 0.1) is 0 Å². The van der Waals surface area contributed by atoms with E-state index in [1.807, 2.05) is 13.8 Å². The second-order valence-corrected chi connectivity index (χ2v) is 3.73. The van der Waals surface area contributed by atoms with Crippen molar-refractivity contribution in [3.63, 3.8) is 0 Å². The third-order valence-corrected chi connectivity index (χ3v) is 2.39. The van der Waals surface area contributed by atoms with E-state index < -0.39 is 0 Å². The smallest absolute Gasteiger partial charge is 0.127 e.